The zero-order valence-corrected chi connectivity index (χ0v) is 9.14. The molecule has 1 rings (SSSR count). The summed E-state index contributed by atoms with van der Waals surface area (Å²) in [6.45, 7) is -1.38. The molecule has 0 radical (unpaired) electrons. The first-order valence-electron chi connectivity index (χ1n) is 4.08. The molecule has 0 aliphatic heterocycles. The lowest BCUT2D eigenvalue weighted by Gasteiger charge is -2.22. The molecule has 0 unspecified atom stereocenters. The number of aliphatic hydroxyl groups is 1. The fourth-order valence-corrected chi connectivity index (χ4v) is 1.60. The lowest BCUT2D eigenvalue weighted by Crippen LogP contribution is -2.36. The van der Waals surface area contributed by atoms with Gasteiger partial charge in [0.25, 0.3) is 5.92 Å². The van der Waals surface area contributed by atoms with Crippen molar-refractivity contribution in [2.75, 3.05) is 6.61 Å². The highest BCUT2D eigenvalue weighted by atomic mass is 79.9. The molecule has 2 nitrogen and oxygen atoms in total. The van der Waals surface area contributed by atoms with Crippen molar-refractivity contribution in [3.8, 4) is 0 Å². The molecule has 1 aromatic carbocycles. The third-order valence-corrected chi connectivity index (χ3v) is 2.82. The second kappa shape index (κ2) is 4.51. The van der Waals surface area contributed by atoms with E-state index in [0.29, 0.717) is 0 Å². The van der Waals surface area contributed by atoms with Crippen LogP contribution in [0.25, 0.3) is 0 Å². The third-order valence-electron chi connectivity index (χ3n) is 1.98. The summed E-state index contributed by atoms with van der Waals surface area (Å²) < 4.78 is 39.0. The molecule has 1 atom stereocenters. The molecule has 0 spiro atoms. The van der Waals surface area contributed by atoms with Crippen molar-refractivity contribution in [2.24, 2.45) is 5.73 Å². The van der Waals surface area contributed by atoms with Gasteiger partial charge in [0.15, 0.2) is 0 Å². The van der Waals surface area contributed by atoms with E-state index in [4.69, 9.17) is 10.8 Å². The molecule has 0 saturated carbocycles. The molecule has 0 amide bonds. The molecule has 0 saturated heterocycles. The predicted molar refractivity (Wildman–Crippen MR) is 53.1 cm³/mol. The van der Waals surface area contributed by atoms with Gasteiger partial charge >= 0.3 is 0 Å². The van der Waals surface area contributed by atoms with Crippen molar-refractivity contribution in [1.82, 2.24) is 0 Å². The zero-order valence-electron chi connectivity index (χ0n) is 7.55. The van der Waals surface area contributed by atoms with Crippen LogP contribution in [0, 0.1) is 5.82 Å². The summed E-state index contributed by atoms with van der Waals surface area (Å²) in [7, 11) is 0. The average Bonchev–Trinajstić information content (AvgIpc) is 2.21. The molecule has 15 heavy (non-hydrogen) atoms. The Morgan fingerprint density at radius 2 is 2.07 bits per heavy atom. The van der Waals surface area contributed by atoms with Crippen LogP contribution in [0.2, 0.25) is 0 Å². The van der Waals surface area contributed by atoms with Gasteiger partial charge < -0.3 is 10.8 Å². The van der Waals surface area contributed by atoms with E-state index >= 15 is 0 Å². The van der Waals surface area contributed by atoms with Crippen LogP contribution in [0.15, 0.2) is 22.7 Å². The maximum Gasteiger partial charge on any atom is 0.289 e. The van der Waals surface area contributed by atoms with Gasteiger partial charge in [-0.05, 0) is 27.6 Å². The number of hydrogen-bond donors (Lipinski definition) is 2. The molecule has 0 aliphatic rings. The Bertz CT molecular complexity index is 359. The van der Waals surface area contributed by atoms with E-state index in [1.807, 2.05) is 0 Å². The van der Waals surface area contributed by atoms with E-state index in [1.165, 1.54) is 12.1 Å². The molecule has 3 N–H and O–H groups in total. The van der Waals surface area contributed by atoms with Gasteiger partial charge in [0.05, 0.1) is 10.5 Å². The number of alkyl halides is 2. The van der Waals surface area contributed by atoms with E-state index in [9.17, 15) is 13.2 Å². The molecule has 0 aromatic heterocycles. The normalized spacial score (nSPS) is 14.0. The summed E-state index contributed by atoms with van der Waals surface area (Å²) in [4.78, 5) is 0. The molecule has 0 bridgehead atoms. The van der Waals surface area contributed by atoms with Crippen LogP contribution in [0.3, 0.4) is 0 Å². The second-order valence-electron chi connectivity index (χ2n) is 3.04. The number of halogens is 4. The largest absolute Gasteiger partial charge is 0.390 e. The van der Waals surface area contributed by atoms with Crippen molar-refractivity contribution in [2.45, 2.75) is 12.0 Å². The van der Waals surface area contributed by atoms with Crippen molar-refractivity contribution in [3.05, 3.63) is 34.1 Å². The number of hydrogen-bond acceptors (Lipinski definition) is 2. The quantitative estimate of drug-likeness (QED) is 0.894. The summed E-state index contributed by atoms with van der Waals surface area (Å²) in [6.07, 6.45) is 0. The molecular weight excluding hydrogens is 275 g/mol. The maximum absolute atomic E-state index is 13.0. The molecule has 6 heteroatoms. The Morgan fingerprint density at radius 1 is 1.47 bits per heavy atom. The summed E-state index contributed by atoms with van der Waals surface area (Å²) in [5, 5.41) is 8.45. The molecular formula is C9H9BrF3NO. The Hall–Kier alpha value is -0.590. The minimum absolute atomic E-state index is 0.0750. The minimum atomic E-state index is -3.48. The molecule has 0 fully saturated rings. The van der Waals surface area contributed by atoms with Crippen LogP contribution in [-0.2, 0) is 0 Å². The Morgan fingerprint density at radius 3 is 2.60 bits per heavy atom. The van der Waals surface area contributed by atoms with Crippen LogP contribution < -0.4 is 5.73 Å². The van der Waals surface area contributed by atoms with Crippen molar-refractivity contribution < 1.29 is 18.3 Å². The first-order chi connectivity index (χ1) is 6.90. The third kappa shape index (κ3) is 2.50. The molecule has 0 heterocycles. The first-order valence-corrected chi connectivity index (χ1v) is 4.87. The van der Waals surface area contributed by atoms with Gasteiger partial charge in [-0.1, -0.05) is 12.1 Å². The standard InChI is InChI=1S/C9H9BrF3NO/c10-7-5(2-1-3-6(7)11)8(14)9(12,13)4-15/h1-3,8,15H,4,14H2/t8-/m1/s1. The number of nitrogens with two attached hydrogens (primary N) is 1. The molecule has 84 valence electrons. The Labute approximate surface area is 93.0 Å². The van der Waals surface area contributed by atoms with E-state index in [0.717, 1.165) is 6.07 Å². The highest BCUT2D eigenvalue weighted by Gasteiger charge is 2.38. The van der Waals surface area contributed by atoms with Gasteiger partial charge in [0.2, 0.25) is 0 Å². The highest BCUT2D eigenvalue weighted by Crippen LogP contribution is 2.33. The van der Waals surface area contributed by atoms with Crippen molar-refractivity contribution >= 4 is 15.9 Å². The van der Waals surface area contributed by atoms with Crippen molar-refractivity contribution in [3.63, 3.8) is 0 Å². The summed E-state index contributed by atoms with van der Waals surface area (Å²) in [6, 6.07) is 1.94. The fraction of sp³-hybridized carbons (Fsp3) is 0.333. The monoisotopic (exact) mass is 283 g/mol. The number of rotatable bonds is 3. The minimum Gasteiger partial charge on any atom is -0.390 e. The van der Waals surface area contributed by atoms with E-state index < -0.39 is 24.4 Å². The van der Waals surface area contributed by atoms with Crippen LogP contribution in [0.1, 0.15) is 11.6 Å². The van der Waals surface area contributed by atoms with E-state index in [-0.39, 0.29) is 10.0 Å². The highest BCUT2D eigenvalue weighted by molar-refractivity contribution is 9.10. The fourth-order valence-electron chi connectivity index (χ4n) is 1.09. The summed E-state index contributed by atoms with van der Waals surface area (Å²) in [5.74, 6) is -4.15. The van der Waals surface area contributed by atoms with Crippen molar-refractivity contribution in [1.29, 1.82) is 0 Å². The lowest BCUT2D eigenvalue weighted by molar-refractivity contribution is -0.0713. The van der Waals surface area contributed by atoms with Crippen LogP contribution in [0.4, 0.5) is 13.2 Å². The van der Waals surface area contributed by atoms with Crippen LogP contribution >= 0.6 is 15.9 Å². The SMILES string of the molecule is N[C@H](c1cccc(F)c1Br)C(F)(F)CO. The van der Waals surface area contributed by atoms with Gasteiger partial charge in [-0.2, -0.15) is 0 Å². The van der Waals surface area contributed by atoms with Gasteiger partial charge in [0, 0.05) is 0 Å². The average molecular weight is 284 g/mol. The Kier molecular flexibility index (Phi) is 3.75. The molecule has 0 aliphatic carbocycles. The van der Waals surface area contributed by atoms with E-state index in [2.05, 4.69) is 15.9 Å². The maximum atomic E-state index is 13.0. The lowest BCUT2D eigenvalue weighted by atomic mass is 10.0. The van der Waals surface area contributed by atoms with Gasteiger partial charge in [-0.25, -0.2) is 13.2 Å². The zero-order chi connectivity index (χ0) is 11.6. The van der Waals surface area contributed by atoms with E-state index in [1.54, 1.807) is 0 Å². The Balaban J connectivity index is 3.12. The van der Waals surface area contributed by atoms with Gasteiger partial charge in [0.1, 0.15) is 12.4 Å². The summed E-state index contributed by atoms with van der Waals surface area (Å²) in [5.41, 5.74) is 5.17. The van der Waals surface area contributed by atoms with Crippen LogP contribution in [-0.4, -0.2) is 17.6 Å². The summed E-state index contributed by atoms with van der Waals surface area (Å²) >= 11 is 2.83. The first kappa shape index (κ1) is 12.5. The second-order valence-corrected chi connectivity index (χ2v) is 3.83. The number of benzene rings is 1. The molecule has 1 aromatic rings. The van der Waals surface area contributed by atoms with Gasteiger partial charge in [-0.3, -0.25) is 0 Å². The predicted octanol–water partition coefficient (Wildman–Crippen LogP) is 2.22. The smallest absolute Gasteiger partial charge is 0.289 e. The van der Waals surface area contributed by atoms with Crippen LogP contribution in [0.5, 0.6) is 0 Å². The number of aliphatic hydroxyl groups excluding tert-OH is 1. The van der Waals surface area contributed by atoms with Gasteiger partial charge in [-0.15, -0.1) is 0 Å². The topological polar surface area (TPSA) is 46.2 Å².